The molecular formula is C21H30N2O4S. The molecule has 0 aliphatic carbocycles. The van der Waals surface area contributed by atoms with Crippen LogP contribution in [0.4, 0.5) is 0 Å². The molecule has 1 amide bonds. The predicted octanol–water partition coefficient (Wildman–Crippen LogP) is 2.32. The Balaban J connectivity index is 1.43. The predicted molar refractivity (Wildman–Crippen MR) is 109 cm³/mol. The van der Waals surface area contributed by atoms with Gasteiger partial charge in [0.1, 0.15) is 11.9 Å². The van der Waals surface area contributed by atoms with Crippen LogP contribution in [0.2, 0.25) is 0 Å². The fourth-order valence-corrected chi connectivity index (χ4v) is 5.23. The number of ether oxygens (including phenoxy) is 1. The van der Waals surface area contributed by atoms with Gasteiger partial charge in [-0.25, -0.2) is 8.42 Å². The molecule has 0 bridgehead atoms. The number of hydrogen-bond acceptors (Lipinski definition) is 5. The van der Waals surface area contributed by atoms with Gasteiger partial charge in [-0.2, -0.15) is 0 Å². The van der Waals surface area contributed by atoms with Gasteiger partial charge in [-0.15, -0.1) is 0 Å². The van der Waals surface area contributed by atoms with Gasteiger partial charge in [-0.1, -0.05) is 18.2 Å². The molecule has 0 radical (unpaired) electrons. The van der Waals surface area contributed by atoms with Crippen molar-refractivity contribution >= 4 is 15.7 Å². The van der Waals surface area contributed by atoms with E-state index in [9.17, 15) is 13.2 Å². The molecule has 2 atom stereocenters. The van der Waals surface area contributed by atoms with E-state index >= 15 is 0 Å². The summed E-state index contributed by atoms with van der Waals surface area (Å²) in [5.41, 5.74) is 0. The summed E-state index contributed by atoms with van der Waals surface area (Å²) in [7, 11) is 0.764. The Hall–Kier alpha value is -1.86. The molecule has 0 aromatic heterocycles. The van der Waals surface area contributed by atoms with Gasteiger partial charge in [0.05, 0.1) is 17.2 Å². The third-order valence-corrected chi connectivity index (χ3v) is 7.09. The van der Waals surface area contributed by atoms with Crippen LogP contribution in [0.25, 0.3) is 0 Å². The van der Waals surface area contributed by atoms with Crippen molar-refractivity contribution < 1.29 is 17.9 Å². The molecule has 3 rings (SSSR count). The molecule has 7 heteroatoms. The summed E-state index contributed by atoms with van der Waals surface area (Å²) in [5.74, 6) is 1.47. The average Bonchev–Trinajstić information content (AvgIpc) is 3.06. The fraction of sp³-hybridized carbons (Fsp3) is 0.571. The zero-order valence-electron chi connectivity index (χ0n) is 16.7. The summed E-state index contributed by atoms with van der Waals surface area (Å²) in [6, 6.07) is 8.49. The minimum absolute atomic E-state index is 0.0828. The van der Waals surface area contributed by atoms with Crippen molar-refractivity contribution in [3.8, 4) is 0 Å². The molecule has 6 nitrogen and oxygen atoms in total. The number of benzene rings is 1. The number of unbranched alkanes of at least 4 members (excludes halogenated alkanes) is 1. The second-order valence-electron chi connectivity index (χ2n) is 7.91. The van der Waals surface area contributed by atoms with Crippen LogP contribution >= 0.6 is 0 Å². The molecule has 28 heavy (non-hydrogen) atoms. The lowest BCUT2D eigenvalue weighted by atomic mass is 9.95. The summed E-state index contributed by atoms with van der Waals surface area (Å²) in [5, 5.41) is 0. The third-order valence-electron chi connectivity index (χ3n) is 5.28. The molecule has 1 aromatic rings. The number of sulfone groups is 1. The number of amides is 1. The summed E-state index contributed by atoms with van der Waals surface area (Å²) in [4.78, 5) is 16.9. The van der Waals surface area contributed by atoms with E-state index in [0.717, 1.165) is 18.7 Å². The monoisotopic (exact) mass is 406 g/mol. The molecule has 0 N–H and O–H groups in total. The highest BCUT2D eigenvalue weighted by molar-refractivity contribution is 7.91. The summed E-state index contributed by atoms with van der Waals surface area (Å²) >= 11 is 0. The quantitative estimate of drug-likeness (QED) is 0.620. The van der Waals surface area contributed by atoms with Crippen molar-refractivity contribution in [1.29, 1.82) is 0 Å². The summed E-state index contributed by atoms with van der Waals surface area (Å²) < 4.78 is 30.6. The average molecular weight is 407 g/mol. The topological polar surface area (TPSA) is 66.9 Å². The Kier molecular flexibility index (Phi) is 6.78. The zero-order valence-corrected chi connectivity index (χ0v) is 17.5. The van der Waals surface area contributed by atoms with Crippen LogP contribution in [0.1, 0.15) is 25.7 Å². The second-order valence-corrected chi connectivity index (χ2v) is 10.0. The molecule has 2 unspecified atom stereocenters. The van der Waals surface area contributed by atoms with E-state index in [1.165, 1.54) is 0 Å². The highest BCUT2D eigenvalue weighted by atomic mass is 32.2. The SMILES string of the molecule is CN(C)CC1=CC2CN(C(=O)CCCCS(=O)(=O)c3ccccc3)CCC2O1. The van der Waals surface area contributed by atoms with E-state index in [1.807, 2.05) is 19.0 Å². The number of likely N-dealkylation sites (tertiary alicyclic amines) is 1. The highest BCUT2D eigenvalue weighted by Crippen LogP contribution is 2.31. The Bertz CT molecular complexity index is 805. The van der Waals surface area contributed by atoms with Crippen LogP contribution < -0.4 is 0 Å². The molecule has 1 saturated heterocycles. The summed E-state index contributed by atoms with van der Waals surface area (Å²) in [6.07, 6.45) is 4.70. The van der Waals surface area contributed by atoms with Crippen molar-refractivity contribution in [1.82, 2.24) is 9.80 Å². The normalized spacial score (nSPS) is 22.0. The van der Waals surface area contributed by atoms with Gasteiger partial charge in [0.2, 0.25) is 5.91 Å². The Morgan fingerprint density at radius 1 is 1.21 bits per heavy atom. The van der Waals surface area contributed by atoms with Crippen molar-refractivity contribution in [3.05, 3.63) is 42.2 Å². The second kappa shape index (κ2) is 9.09. The standard InChI is InChI=1S/C21H30N2O4S/c1-22(2)16-18-14-17-15-23(12-11-20(17)27-18)21(24)10-6-7-13-28(25,26)19-8-4-3-5-9-19/h3-5,8-9,14,17,20H,6-7,10-13,15-16H2,1-2H3. The number of hydrogen-bond donors (Lipinski definition) is 0. The van der Waals surface area contributed by atoms with Crippen molar-refractivity contribution in [2.45, 2.75) is 36.7 Å². The number of piperidine rings is 1. The van der Waals surface area contributed by atoms with Crippen molar-refractivity contribution in [3.63, 3.8) is 0 Å². The minimum atomic E-state index is -3.26. The van der Waals surface area contributed by atoms with Gasteiger partial charge in [0, 0.05) is 31.8 Å². The van der Waals surface area contributed by atoms with Crippen LogP contribution in [0, 0.1) is 5.92 Å². The van der Waals surface area contributed by atoms with Gasteiger partial charge in [-0.05, 0) is 45.1 Å². The van der Waals surface area contributed by atoms with Gasteiger partial charge in [0.25, 0.3) is 0 Å². The first-order valence-electron chi connectivity index (χ1n) is 9.93. The lowest BCUT2D eigenvalue weighted by Gasteiger charge is -2.34. The molecule has 2 aliphatic rings. The molecule has 0 spiro atoms. The van der Waals surface area contributed by atoms with E-state index in [4.69, 9.17) is 4.74 Å². The van der Waals surface area contributed by atoms with E-state index in [2.05, 4.69) is 11.0 Å². The number of likely N-dealkylation sites (N-methyl/N-ethyl adjacent to an activating group) is 1. The number of fused-ring (bicyclic) bond motifs is 1. The van der Waals surface area contributed by atoms with Gasteiger partial charge >= 0.3 is 0 Å². The first-order valence-corrected chi connectivity index (χ1v) is 11.6. The van der Waals surface area contributed by atoms with Gasteiger partial charge in [-0.3, -0.25) is 4.79 Å². The molecule has 2 aliphatic heterocycles. The number of nitrogens with zero attached hydrogens (tertiary/aromatic N) is 2. The third kappa shape index (κ3) is 5.35. The maximum Gasteiger partial charge on any atom is 0.222 e. The lowest BCUT2D eigenvalue weighted by Crippen LogP contribution is -2.44. The Labute approximate surface area is 168 Å². The molecule has 1 fully saturated rings. The van der Waals surface area contributed by atoms with Crippen molar-refractivity contribution in [2.24, 2.45) is 5.92 Å². The summed E-state index contributed by atoms with van der Waals surface area (Å²) in [6.45, 7) is 2.20. The van der Waals surface area contributed by atoms with E-state index in [-0.39, 0.29) is 23.7 Å². The van der Waals surface area contributed by atoms with Crippen LogP contribution in [-0.2, 0) is 19.4 Å². The van der Waals surface area contributed by atoms with Gasteiger partial charge < -0.3 is 14.5 Å². The number of carbonyl (C=O) groups is 1. The number of carbonyl (C=O) groups excluding carboxylic acids is 1. The van der Waals surface area contributed by atoms with Gasteiger partial charge in [0.15, 0.2) is 9.84 Å². The first kappa shape index (κ1) is 20.9. The fourth-order valence-electron chi connectivity index (χ4n) is 3.84. The molecular weight excluding hydrogens is 376 g/mol. The maximum absolute atomic E-state index is 12.5. The highest BCUT2D eigenvalue weighted by Gasteiger charge is 2.36. The van der Waals surface area contributed by atoms with Crippen LogP contribution in [-0.4, -0.2) is 69.7 Å². The molecule has 2 heterocycles. The zero-order chi connectivity index (χ0) is 20.1. The molecule has 1 aromatic carbocycles. The van der Waals surface area contributed by atoms with E-state index in [0.29, 0.717) is 37.2 Å². The molecule has 0 saturated carbocycles. The van der Waals surface area contributed by atoms with E-state index in [1.54, 1.807) is 30.3 Å². The van der Waals surface area contributed by atoms with E-state index < -0.39 is 9.84 Å². The Morgan fingerprint density at radius 3 is 2.68 bits per heavy atom. The molecule has 154 valence electrons. The van der Waals surface area contributed by atoms with Crippen LogP contribution in [0.5, 0.6) is 0 Å². The first-order chi connectivity index (χ1) is 13.3. The smallest absolute Gasteiger partial charge is 0.222 e. The number of rotatable bonds is 8. The lowest BCUT2D eigenvalue weighted by molar-refractivity contribution is -0.134. The Morgan fingerprint density at radius 2 is 1.96 bits per heavy atom. The van der Waals surface area contributed by atoms with Crippen LogP contribution in [0.3, 0.4) is 0 Å². The minimum Gasteiger partial charge on any atom is -0.493 e. The largest absolute Gasteiger partial charge is 0.493 e. The van der Waals surface area contributed by atoms with Crippen molar-refractivity contribution in [2.75, 3.05) is 39.5 Å². The van der Waals surface area contributed by atoms with Crippen LogP contribution in [0.15, 0.2) is 47.1 Å². The maximum atomic E-state index is 12.5.